The number of nitrogens with zero attached hydrogens (tertiary/aromatic N) is 3. The van der Waals surface area contributed by atoms with Gasteiger partial charge in [0.05, 0.1) is 22.5 Å². The van der Waals surface area contributed by atoms with Crippen LogP contribution in [0.15, 0.2) is 36.4 Å². The number of hydrogen-bond acceptors (Lipinski definition) is 2. The molecule has 1 radical (unpaired) electrons. The minimum Gasteiger partial charge on any atom is -0.267 e. The molecule has 0 saturated heterocycles. The number of hydrogen-bond donors (Lipinski definition) is 0. The first kappa shape index (κ1) is 13.4. The number of aromatic nitrogens is 2. The Bertz CT molecular complexity index is 745. The van der Waals surface area contributed by atoms with Gasteiger partial charge >= 0.3 is 6.18 Å². The van der Waals surface area contributed by atoms with Crippen LogP contribution < -0.4 is 5.32 Å². The summed E-state index contributed by atoms with van der Waals surface area (Å²) < 4.78 is 40.6. The third-order valence-corrected chi connectivity index (χ3v) is 3.16. The molecule has 7 heteroatoms. The van der Waals surface area contributed by atoms with Crippen molar-refractivity contribution < 1.29 is 18.0 Å². The number of allylic oxidation sites excluding steroid dienone is 1. The molecule has 107 valence electrons. The number of benzene rings is 1. The summed E-state index contributed by atoms with van der Waals surface area (Å²) in [7, 11) is 0. The van der Waals surface area contributed by atoms with Crippen LogP contribution in [0.2, 0.25) is 0 Å². The summed E-state index contributed by atoms with van der Waals surface area (Å²) in [5, 5.41) is 7.59. The molecule has 4 nitrogen and oxygen atoms in total. The molecule has 3 rings (SSSR count). The normalized spacial score (nSPS) is 14.5. The molecular weight excluding hydrogens is 283 g/mol. The Morgan fingerprint density at radius 3 is 2.43 bits per heavy atom. The number of amides is 1. The number of fused-ring (bicyclic) bond motifs is 1. The first-order valence-corrected chi connectivity index (χ1v) is 6.08. The van der Waals surface area contributed by atoms with E-state index in [1.807, 2.05) is 0 Å². The number of alkyl halides is 3. The standard InChI is InChI=1S/C14H9F3N3O/c1-8-12-10(14(15,16)17)7-11(21)18-13(12)19-20(8)9-5-3-2-4-6-9/h2-7H,1H3. The van der Waals surface area contributed by atoms with Crippen molar-refractivity contribution in [1.29, 1.82) is 0 Å². The Kier molecular flexibility index (Phi) is 2.86. The van der Waals surface area contributed by atoms with Crippen molar-refractivity contribution in [3.05, 3.63) is 47.7 Å². The SMILES string of the molecule is Cc1c2c(nn1-c1ccccc1)[N]C(=O)C=C2C(F)(F)F. The van der Waals surface area contributed by atoms with Gasteiger partial charge < -0.3 is 0 Å². The van der Waals surface area contributed by atoms with Crippen LogP contribution in [0.4, 0.5) is 19.0 Å². The predicted molar refractivity (Wildman–Crippen MR) is 69.1 cm³/mol. The quantitative estimate of drug-likeness (QED) is 0.811. The van der Waals surface area contributed by atoms with Crippen LogP contribution in [0.25, 0.3) is 11.3 Å². The Morgan fingerprint density at radius 1 is 1.14 bits per heavy atom. The lowest BCUT2D eigenvalue weighted by Gasteiger charge is -2.15. The Hall–Kier alpha value is -2.57. The van der Waals surface area contributed by atoms with Crippen LogP contribution in [-0.4, -0.2) is 21.9 Å². The average molecular weight is 292 g/mol. The molecular formula is C14H9F3N3O. The molecule has 2 heterocycles. The molecule has 1 aliphatic rings. The highest BCUT2D eigenvalue weighted by atomic mass is 19.4. The summed E-state index contributed by atoms with van der Waals surface area (Å²) in [5.74, 6) is -1.15. The van der Waals surface area contributed by atoms with Gasteiger partial charge in [-0.3, -0.25) is 4.79 Å². The number of para-hydroxylation sites is 1. The predicted octanol–water partition coefficient (Wildman–Crippen LogP) is 2.90. The van der Waals surface area contributed by atoms with Crippen molar-refractivity contribution in [2.75, 3.05) is 0 Å². The van der Waals surface area contributed by atoms with Gasteiger partial charge in [-0.2, -0.15) is 18.5 Å². The summed E-state index contributed by atoms with van der Waals surface area (Å²) in [4.78, 5) is 11.3. The topological polar surface area (TPSA) is 49.0 Å². The highest BCUT2D eigenvalue weighted by molar-refractivity contribution is 6.03. The van der Waals surface area contributed by atoms with Crippen molar-refractivity contribution in [2.24, 2.45) is 0 Å². The summed E-state index contributed by atoms with van der Waals surface area (Å²) in [6, 6.07) is 8.71. The van der Waals surface area contributed by atoms with Crippen molar-refractivity contribution in [1.82, 2.24) is 15.1 Å². The lowest BCUT2D eigenvalue weighted by atomic mass is 10.0. The van der Waals surface area contributed by atoms with E-state index in [2.05, 4.69) is 10.4 Å². The van der Waals surface area contributed by atoms with E-state index in [0.717, 1.165) is 0 Å². The number of halogens is 3. The third-order valence-electron chi connectivity index (χ3n) is 3.16. The van der Waals surface area contributed by atoms with Gasteiger partial charge in [-0.25, -0.2) is 4.68 Å². The van der Waals surface area contributed by atoms with E-state index in [9.17, 15) is 18.0 Å². The fourth-order valence-electron chi connectivity index (χ4n) is 2.26. The fraction of sp³-hybridized carbons (Fsp3) is 0.143. The van der Waals surface area contributed by atoms with Crippen LogP contribution in [0.1, 0.15) is 11.3 Å². The molecule has 1 aromatic carbocycles. The second kappa shape index (κ2) is 4.47. The minimum atomic E-state index is -4.63. The van der Waals surface area contributed by atoms with Gasteiger partial charge in [0, 0.05) is 6.08 Å². The van der Waals surface area contributed by atoms with Gasteiger partial charge in [-0.05, 0) is 19.1 Å². The van der Waals surface area contributed by atoms with Crippen molar-refractivity contribution >= 4 is 17.3 Å². The highest BCUT2D eigenvalue weighted by Crippen LogP contribution is 2.41. The maximum Gasteiger partial charge on any atom is 0.417 e. The molecule has 0 fully saturated rings. The zero-order valence-electron chi connectivity index (χ0n) is 10.8. The smallest absolute Gasteiger partial charge is 0.267 e. The van der Waals surface area contributed by atoms with E-state index < -0.39 is 17.7 Å². The molecule has 2 aromatic rings. The van der Waals surface area contributed by atoms with Crippen LogP contribution in [0.5, 0.6) is 0 Å². The molecule has 0 aliphatic carbocycles. The molecule has 0 saturated carbocycles. The minimum absolute atomic E-state index is 0.147. The lowest BCUT2D eigenvalue weighted by Crippen LogP contribution is -2.21. The maximum atomic E-state index is 13.1. The largest absolute Gasteiger partial charge is 0.417 e. The monoisotopic (exact) mass is 292 g/mol. The van der Waals surface area contributed by atoms with Gasteiger partial charge in [0.15, 0.2) is 5.82 Å². The van der Waals surface area contributed by atoms with E-state index >= 15 is 0 Å². The molecule has 1 aromatic heterocycles. The number of rotatable bonds is 1. The van der Waals surface area contributed by atoms with Crippen molar-refractivity contribution in [2.45, 2.75) is 13.1 Å². The summed E-state index contributed by atoms with van der Waals surface area (Å²) >= 11 is 0. The first-order valence-electron chi connectivity index (χ1n) is 6.08. The average Bonchev–Trinajstić information content (AvgIpc) is 2.75. The van der Waals surface area contributed by atoms with Gasteiger partial charge in [0.25, 0.3) is 5.91 Å². The molecule has 1 amide bonds. The lowest BCUT2D eigenvalue weighted by molar-refractivity contribution is -0.116. The Labute approximate surface area is 117 Å². The Balaban J connectivity index is 2.21. The van der Waals surface area contributed by atoms with Crippen LogP contribution >= 0.6 is 0 Å². The van der Waals surface area contributed by atoms with Gasteiger partial charge in [-0.15, -0.1) is 5.10 Å². The number of carbonyl (C=O) groups is 1. The summed E-state index contributed by atoms with van der Waals surface area (Å²) in [6.07, 6.45) is -4.12. The van der Waals surface area contributed by atoms with E-state index in [-0.39, 0.29) is 17.1 Å². The molecule has 0 spiro atoms. The third kappa shape index (κ3) is 2.20. The first-order chi connectivity index (χ1) is 9.88. The van der Waals surface area contributed by atoms with E-state index in [0.29, 0.717) is 11.8 Å². The molecule has 0 atom stereocenters. The van der Waals surface area contributed by atoms with Gasteiger partial charge in [0.1, 0.15) is 0 Å². The second-order valence-corrected chi connectivity index (χ2v) is 4.54. The molecule has 1 aliphatic heterocycles. The summed E-state index contributed by atoms with van der Waals surface area (Å²) in [6.45, 7) is 1.52. The van der Waals surface area contributed by atoms with Gasteiger partial charge in [-0.1, -0.05) is 18.2 Å². The summed E-state index contributed by atoms with van der Waals surface area (Å²) in [5.41, 5.74) is -0.257. The van der Waals surface area contributed by atoms with Crippen molar-refractivity contribution in [3.8, 4) is 5.69 Å². The van der Waals surface area contributed by atoms with Crippen LogP contribution in [0.3, 0.4) is 0 Å². The van der Waals surface area contributed by atoms with Gasteiger partial charge in [0.2, 0.25) is 0 Å². The van der Waals surface area contributed by atoms with Crippen molar-refractivity contribution in [3.63, 3.8) is 0 Å². The highest BCUT2D eigenvalue weighted by Gasteiger charge is 2.41. The zero-order chi connectivity index (χ0) is 15.2. The second-order valence-electron chi connectivity index (χ2n) is 4.54. The number of carbonyl (C=O) groups excluding carboxylic acids is 1. The molecule has 21 heavy (non-hydrogen) atoms. The zero-order valence-corrected chi connectivity index (χ0v) is 10.8. The maximum absolute atomic E-state index is 13.1. The van der Waals surface area contributed by atoms with E-state index in [1.54, 1.807) is 30.3 Å². The van der Waals surface area contributed by atoms with Crippen LogP contribution in [0, 0.1) is 6.92 Å². The molecule has 0 unspecified atom stereocenters. The molecule has 0 N–H and O–H groups in total. The molecule has 0 bridgehead atoms. The van der Waals surface area contributed by atoms with E-state index in [4.69, 9.17) is 0 Å². The van der Waals surface area contributed by atoms with E-state index in [1.165, 1.54) is 11.6 Å². The van der Waals surface area contributed by atoms with Crippen LogP contribution in [-0.2, 0) is 4.79 Å². The fourth-order valence-corrected chi connectivity index (χ4v) is 2.26. The Morgan fingerprint density at radius 2 is 1.81 bits per heavy atom.